The van der Waals surface area contributed by atoms with E-state index in [1.54, 1.807) is 24.3 Å². The Morgan fingerprint density at radius 3 is 0.938 bits per heavy atom. The molecule has 0 amide bonds. The zero-order valence-electron chi connectivity index (χ0n) is 36.0. The van der Waals surface area contributed by atoms with Crippen molar-refractivity contribution in [1.29, 1.82) is 0 Å². The molecule has 0 spiro atoms. The number of benzene rings is 9. The first kappa shape index (κ1) is 42.6. The molecule has 0 saturated carbocycles. The first-order valence-electron chi connectivity index (χ1n) is 21.6. The van der Waals surface area contributed by atoms with Crippen molar-refractivity contribution >= 4 is 40.0 Å². The SMILES string of the molecule is CC(C)(c1ccc(Oc2ccc(C(=O)c3ccc(F)cc3)cc2)cc1)c1ccc(Oc2ccc(C(=O)c3ccc([PH](c4ccccc4)(c4ccccc4)c4ccccc4)cc3)cc2)cc1. The van der Waals surface area contributed by atoms with Gasteiger partial charge >= 0.3 is 218 Å². The summed E-state index contributed by atoms with van der Waals surface area (Å²) >= 11 is 0. The van der Waals surface area contributed by atoms with E-state index in [1.165, 1.54) is 45.5 Å². The Kier molecular flexibility index (Phi) is 12.2. The Hall–Kier alpha value is -7.72. The minimum absolute atomic E-state index is 0.0491. The molecular formula is C59H46FO4P. The standard InChI is InChI=1S/C59H46FO4P/c1-59(2,46-26-36-51(37-27-46)63-49-32-20-43(21-33-49)57(61)42-18-30-48(60)31-19-42)47-28-38-52(39-29-47)64-50-34-22-44(23-35-50)58(62)45-24-40-56(41-25-45)65(53-12-6-3-7-13-53,54-14-8-4-9-15-54)55-16-10-5-11-17-55/h3-41,65H,1-2H3. The monoisotopic (exact) mass is 868 g/mol. The number of hydrogen-bond donors (Lipinski definition) is 0. The molecule has 0 aliphatic heterocycles. The van der Waals surface area contributed by atoms with Gasteiger partial charge in [0.15, 0.2) is 5.78 Å². The zero-order valence-corrected chi connectivity index (χ0v) is 37.0. The zero-order chi connectivity index (χ0) is 44.8. The van der Waals surface area contributed by atoms with Gasteiger partial charge in [-0.2, -0.15) is 0 Å². The molecule has 0 atom stereocenters. The van der Waals surface area contributed by atoms with Gasteiger partial charge in [-0.25, -0.2) is 4.39 Å². The third kappa shape index (κ3) is 8.93. The second-order valence-electron chi connectivity index (χ2n) is 16.5. The molecule has 4 nitrogen and oxygen atoms in total. The fraction of sp³-hybridized carbons (Fsp3) is 0.0508. The molecule has 0 fully saturated rings. The predicted molar refractivity (Wildman–Crippen MR) is 264 cm³/mol. The molecule has 0 bridgehead atoms. The topological polar surface area (TPSA) is 52.6 Å². The van der Waals surface area contributed by atoms with Crippen LogP contribution in [0.3, 0.4) is 0 Å². The van der Waals surface area contributed by atoms with Crippen molar-refractivity contribution in [2.45, 2.75) is 19.3 Å². The van der Waals surface area contributed by atoms with Gasteiger partial charge in [0.25, 0.3) is 0 Å². The van der Waals surface area contributed by atoms with Crippen LogP contribution >= 0.6 is 7.26 Å². The van der Waals surface area contributed by atoms with E-state index in [2.05, 4.69) is 141 Å². The van der Waals surface area contributed by atoms with E-state index in [4.69, 9.17) is 9.47 Å². The molecule has 6 heteroatoms. The Morgan fingerprint density at radius 1 is 0.354 bits per heavy atom. The van der Waals surface area contributed by atoms with Crippen molar-refractivity contribution in [2.75, 3.05) is 0 Å². The molecule has 0 radical (unpaired) electrons. The molecular weight excluding hydrogens is 823 g/mol. The number of halogens is 1. The van der Waals surface area contributed by atoms with Gasteiger partial charge in [-0.05, 0) is 71.8 Å². The van der Waals surface area contributed by atoms with E-state index in [1.807, 2.05) is 60.7 Å². The molecule has 0 saturated heterocycles. The second-order valence-corrected chi connectivity index (χ2v) is 20.3. The van der Waals surface area contributed by atoms with Crippen LogP contribution < -0.4 is 30.7 Å². The van der Waals surface area contributed by atoms with Crippen LogP contribution in [0.4, 0.5) is 4.39 Å². The van der Waals surface area contributed by atoms with Gasteiger partial charge in [0.05, 0.1) is 0 Å². The van der Waals surface area contributed by atoms with Crippen molar-refractivity contribution in [3.63, 3.8) is 0 Å². The van der Waals surface area contributed by atoms with E-state index < -0.39 is 7.26 Å². The summed E-state index contributed by atoms with van der Waals surface area (Å²) in [5.41, 5.74) is 4.05. The number of ketones is 2. The fourth-order valence-corrected chi connectivity index (χ4v) is 13.3. The van der Waals surface area contributed by atoms with Crippen LogP contribution in [0, 0.1) is 5.82 Å². The van der Waals surface area contributed by atoms with Gasteiger partial charge < -0.3 is 4.74 Å². The minimum Gasteiger partial charge on any atom is -0.0545 e. The molecule has 0 N–H and O–H groups in total. The van der Waals surface area contributed by atoms with Gasteiger partial charge in [-0.3, -0.25) is 4.79 Å². The maximum atomic E-state index is 13.9. The summed E-state index contributed by atoms with van der Waals surface area (Å²) in [5.74, 6) is 1.99. The molecule has 65 heavy (non-hydrogen) atoms. The summed E-state index contributed by atoms with van der Waals surface area (Å²) in [5, 5.41) is 5.06. The van der Waals surface area contributed by atoms with Crippen LogP contribution in [-0.2, 0) is 5.41 Å². The van der Waals surface area contributed by atoms with Crippen molar-refractivity contribution in [2.24, 2.45) is 0 Å². The summed E-state index contributed by atoms with van der Waals surface area (Å²) in [6, 6.07) is 76.3. The van der Waals surface area contributed by atoms with Gasteiger partial charge in [-0.1, -0.05) is 38.1 Å². The van der Waals surface area contributed by atoms with Crippen molar-refractivity contribution in [1.82, 2.24) is 0 Å². The molecule has 0 aliphatic carbocycles. The van der Waals surface area contributed by atoms with E-state index in [-0.39, 0.29) is 22.8 Å². The number of rotatable bonds is 14. The van der Waals surface area contributed by atoms with E-state index in [0.29, 0.717) is 45.3 Å². The van der Waals surface area contributed by atoms with Gasteiger partial charge in [0.2, 0.25) is 0 Å². The average molecular weight is 869 g/mol. The molecule has 0 unspecified atom stereocenters. The van der Waals surface area contributed by atoms with Crippen LogP contribution in [0.5, 0.6) is 23.0 Å². The normalized spacial score (nSPS) is 11.7. The Morgan fingerprint density at radius 2 is 0.615 bits per heavy atom. The molecule has 0 aliphatic rings. The van der Waals surface area contributed by atoms with E-state index in [9.17, 15) is 14.0 Å². The summed E-state index contributed by atoms with van der Waals surface area (Å²) in [4.78, 5) is 26.6. The van der Waals surface area contributed by atoms with Crippen LogP contribution in [0.2, 0.25) is 0 Å². The fourth-order valence-electron chi connectivity index (χ4n) is 8.54. The average Bonchev–Trinajstić information content (AvgIpc) is 3.36. The van der Waals surface area contributed by atoms with Gasteiger partial charge in [0, 0.05) is 16.5 Å². The maximum absolute atomic E-state index is 13.9. The Balaban J connectivity index is 0.848. The van der Waals surface area contributed by atoms with Crippen LogP contribution in [0.25, 0.3) is 0 Å². The number of ether oxygens (including phenoxy) is 2. The smallest absolute Gasteiger partial charge is 0.0545 e. The van der Waals surface area contributed by atoms with Gasteiger partial charge in [0.1, 0.15) is 17.3 Å². The van der Waals surface area contributed by atoms with E-state index >= 15 is 0 Å². The second kappa shape index (κ2) is 18.6. The van der Waals surface area contributed by atoms with Crippen LogP contribution in [0.1, 0.15) is 56.8 Å². The van der Waals surface area contributed by atoms with Crippen molar-refractivity contribution in [3.8, 4) is 23.0 Å². The van der Waals surface area contributed by atoms with Crippen molar-refractivity contribution < 1.29 is 23.5 Å². The number of carbonyl (C=O) groups is 2. The number of carbonyl (C=O) groups excluding carboxylic acids is 2. The molecule has 0 heterocycles. The third-order valence-corrected chi connectivity index (χ3v) is 17.0. The van der Waals surface area contributed by atoms with Crippen molar-refractivity contribution in [3.05, 3.63) is 276 Å². The molecule has 9 rings (SSSR count). The van der Waals surface area contributed by atoms with Crippen LogP contribution in [0.15, 0.2) is 237 Å². The summed E-state index contributed by atoms with van der Waals surface area (Å²) in [6.45, 7) is 4.35. The predicted octanol–water partition coefficient (Wildman–Crippen LogP) is 12.5. The van der Waals surface area contributed by atoms with Gasteiger partial charge in [-0.15, -0.1) is 0 Å². The number of hydrogen-bond acceptors (Lipinski definition) is 4. The quantitative estimate of drug-likeness (QED) is 0.0807. The minimum atomic E-state index is -2.69. The molecule has 318 valence electrons. The summed E-state index contributed by atoms with van der Waals surface area (Å²) in [6.07, 6.45) is 0. The molecule has 9 aromatic carbocycles. The van der Waals surface area contributed by atoms with Crippen LogP contribution in [-0.4, -0.2) is 11.6 Å². The first-order valence-corrected chi connectivity index (χ1v) is 23.6. The summed E-state index contributed by atoms with van der Waals surface area (Å²) < 4.78 is 25.6. The molecule has 9 aromatic rings. The summed E-state index contributed by atoms with van der Waals surface area (Å²) in [7, 11) is -2.69. The first-order chi connectivity index (χ1) is 31.7. The third-order valence-electron chi connectivity index (χ3n) is 12.2. The van der Waals surface area contributed by atoms with E-state index in [0.717, 1.165) is 11.1 Å². The Bertz CT molecular complexity index is 2930. The molecule has 0 aromatic heterocycles. The Labute approximate surface area is 380 Å².